The first-order chi connectivity index (χ1) is 19.4. The van der Waals surface area contributed by atoms with Gasteiger partial charge in [-0.05, 0) is 49.1 Å². The molecule has 2 aliphatic heterocycles. The van der Waals surface area contributed by atoms with Crippen LogP contribution in [-0.2, 0) is 11.3 Å². The van der Waals surface area contributed by atoms with Crippen molar-refractivity contribution in [2.45, 2.75) is 51.4 Å². The van der Waals surface area contributed by atoms with E-state index >= 15 is 0 Å². The van der Waals surface area contributed by atoms with Crippen LogP contribution in [0.1, 0.15) is 55.0 Å². The first-order valence-corrected chi connectivity index (χ1v) is 14.0. The highest BCUT2D eigenvalue weighted by molar-refractivity contribution is 5.66. The van der Waals surface area contributed by atoms with Crippen LogP contribution in [0.3, 0.4) is 0 Å². The fraction of sp³-hybridized carbons (Fsp3) is 0.344. The molecule has 0 saturated carbocycles. The topological polar surface area (TPSA) is 91.3 Å². The molecule has 8 nitrogen and oxygen atoms in total. The van der Waals surface area contributed by atoms with Gasteiger partial charge in [0.2, 0.25) is 0 Å². The second-order valence-electron chi connectivity index (χ2n) is 10.9. The number of nitrogens with one attached hydrogen (secondary N) is 2. The van der Waals surface area contributed by atoms with Crippen LogP contribution < -0.4 is 10.9 Å². The Morgan fingerprint density at radius 1 is 0.950 bits per heavy atom. The summed E-state index contributed by atoms with van der Waals surface area (Å²) < 4.78 is 0. The number of nitrogens with zero attached hydrogens (tertiary/aromatic N) is 3. The molecule has 8 heteroatoms. The maximum atomic E-state index is 10.8. The fourth-order valence-corrected chi connectivity index (χ4v) is 5.75. The third kappa shape index (κ3) is 6.65. The number of carboxylic acid groups (broad SMARTS) is 1. The third-order valence-corrected chi connectivity index (χ3v) is 7.84. The van der Waals surface area contributed by atoms with E-state index in [1.807, 2.05) is 18.3 Å². The first kappa shape index (κ1) is 27.7. The molecule has 0 aromatic heterocycles. The molecule has 1 fully saturated rings. The van der Waals surface area contributed by atoms with Crippen LogP contribution in [0.4, 0.5) is 0 Å². The largest absolute Gasteiger partial charge is 0.508 e. The number of aliphatic carboxylic acids is 1. The number of carbonyl (C=O) groups is 1. The first-order valence-electron chi connectivity index (χ1n) is 14.0. The Balaban J connectivity index is 1.33. The van der Waals surface area contributed by atoms with Gasteiger partial charge in [-0.2, -0.15) is 0 Å². The number of rotatable bonds is 10. The molecule has 3 aromatic carbocycles. The SMILES string of the molecule is C[C@@H]1CN([C@H](c2ccc(C3=CNN(CCCC(=O)O)N3)cc2)c2cccc(O)c2)[C@@H](C)CN1Cc1ccccc1. The molecular formula is C32H39N5O3. The van der Waals surface area contributed by atoms with Crippen LogP contribution in [0.15, 0.2) is 85.1 Å². The molecule has 4 N–H and O–H groups in total. The zero-order valence-corrected chi connectivity index (χ0v) is 23.2. The zero-order chi connectivity index (χ0) is 28.1. The summed E-state index contributed by atoms with van der Waals surface area (Å²) in [7, 11) is 0. The monoisotopic (exact) mass is 541 g/mol. The number of aromatic hydroxyl groups is 1. The molecule has 3 atom stereocenters. The van der Waals surface area contributed by atoms with Gasteiger partial charge in [-0.25, -0.2) is 0 Å². The molecule has 0 amide bonds. The molecule has 0 unspecified atom stereocenters. The van der Waals surface area contributed by atoms with Gasteiger partial charge in [0.25, 0.3) is 0 Å². The van der Waals surface area contributed by atoms with Gasteiger partial charge in [0.15, 0.2) is 0 Å². The van der Waals surface area contributed by atoms with Crippen molar-refractivity contribution in [2.75, 3.05) is 19.6 Å². The molecular weight excluding hydrogens is 502 g/mol. The van der Waals surface area contributed by atoms with Gasteiger partial charge in [0.05, 0.1) is 11.7 Å². The predicted molar refractivity (Wildman–Crippen MR) is 157 cm³/mol. The van der Waals surface area contributed by atoms with Crippen LogP contribution in [0.2, 0.25) is 0 Å². The molecule has 0 bridgehead atoms. The van der Waals surface area contributed by atoms with Crippen molar-refractivity contribution < 1.29 is 15.0 Å². The molecule has 0 aliphatic carbocycles. The van der Waals surface area contributed by atoms with E-state index in [0.717, 1.165) is 36.5 Å². The minimum Gasteiger partial charge on any atom is -0.508 e. The summed E-state index contributed by atoms with van der Waals surface area (Å²) >= 11 is 0. The highest BCUT2D eigenvalue weighted by atomic mass is 16.4. The number of benzene rings is 3. The quantitative estimate of drug-likeness (QED) is 0.297. The molecule has 1 saturated heterocycles. The number of phenolic OH excluding ortho intramolecular Hbond substituents is 1. The van der Waals surface area contributed by atoms with Crippen LogP contribution in [-0.4, -0.2) is 62.8 Å². The number of carboxylic acids is 1. The summed E-state index contributed by atoms with van der Waals surface area (Å²) in [5.74, 6) is -0.512. The number of hydrogen-bond donors (Lipinski definition) is 4. The normalized spacial score (nSPS) is 20.9. The fourth-order valence-electron chi connectivity index (χ4n) is 5.75. The van der Waals surface area contributed by atoms with Gasteiger partial charge in [0.1, 0.15) is 5.75 Å². The van der Waals surface area contributed by atoms with Crippen LogP contribution in [0, 0.1) is 0 Å². The molecule has 210 valence electrons. The highest BCUT2D eigenvalue weighted by Crippen LogP contribution is 2.35. The summed E-state index contributed by atoms with van der Waals surface area (Å²) in [6.45, 7) is 8.00. The van der Waals surface area contributed by atoms with Crippen LogP contribution in [0.5, 0.6) is 5.75 Å². The van der Waals surface area contributed by atoms with Crippen molar-refractivity contribution in [1.82, 2.24) is 25.8 Å². The maximum Gasteiger partial charge on any atom is 0.303 e. The van der Waals surface area contributed by atoms with Gasteiger partial charge < -0.3 is 15.6 Å². The smallest absolute Gasteiger partial charge is 0.303 e. The average Bonchev–Trinajstić information content (AvgIpc) is 3.41. The molecule has 2 aliphatic rings. The Hall–Kier alpha value is -3.85. The Bertz CT molecular complexity index is 1310. The average molecular weight is 542 g/mol. The summed E-state index contributed by atoms with van der Waals surface area (Å²) in [4.78, 5) is 15.9. The number of hydrogen-bond acceptors (Lipinski definition) is 7. The van der Waals surface area contributed by atoms with Crippen molar-refractivity contribution in [3.05, 3.63) is 107 Å². The summed E-state index contributed by atoms with van der Waals surface area (Å²) in [6, 6.07) is 27.6. The highest BCUT2D eigenvalue weighted by Gasteiger charge is 2.35. The van der Waals surface area contributed by atoms with E-state index in [2.05, 4.69) is 95.2 Å². The lowest BCUT2D eigenvalue weighted by atomic mass is 9.92. The van der Waals surface area contributed by atoms with Gasteiger partial charge in [-0.1, -0.05) is 66.7 Å². The lowest BCUT2D eigenvalue weighted by molar-refractivity contribution is -0.137. The van der Waals surface area contributed by atoms with Crippen LogP contribution in [0.25, 0.3) is 5.70 Å². The van der Waals surface area contributed by atoms with Crippen molar-refractivity contribution >= 4 is 11.7 Å². The lowest BCUT2D eigenvalue weighted by Gasteiger charge is -2.47. The van der Waals surface area contributed by atoms with Gasteiger partial charge >= 0.3 is 5.97 Å². The van der Waals surface area contributed by atoms with Crippen molar-refractivity contribution in [1.29, 1.82) is 0 Å². The molecule has 2 heterocycles. The van der Waals surface area contributed by atoms with E-state index < -0.39 is 5.97 Å². The van der Waals surface area contributed by atoms with Crippen LogP contribution >= 0.6 is 0 Å². The number of hydrazine groups is 2. The van der Waals surface area contributed by atoms with Gasteiger partial charge in [-0.3, -0.25) is 20.0 Å². The minimum absolute atomic E-state index is 0.00799. The molecule has 0 radical (unpaired) electrons. The van der Waals surface area contributed by atoms with Crippen molar-refractivity contribution in [2.24, 2.45) is 0 Å². The minimum atomic E-state index is -0.787. The Morgan fingerprint density at radius 2 is 1.73 bits per heavy atom. The zero-order valence-electron chi connectivity index (χ0n) is 23.2. The van der Waals surface area contributed by atoms with Gasteiger partial charge in [0, 0.05) is 56.4 Å². The molecule has 40 heavy (non-hydrogen) atoms. The number of piperazine rings is 1. The Labute approximate surface area is 236 Å². The molecule has 5 rings (SSSR count). The van der Waals surface area contributed by atoms with E-state index in [1.54, 1.807) is 11.2 Å². The van der Waals surface area contributed by atoms with E-state index in [9.17, 15) is 9.90 Å². The molecule has 0 spiro atoms. The predicted octanol–water partition coefficient (Wildman–Crippen LogP) is 4.56. The van der Waals surface area contributed by atoms with E-state index in [1.165, 1.54) is 11.1 Å². The van der Waals surface area contributed by atoms with E-state index in [-0.39, 0.29) is 18.2 Å². The summed E-state index contributed by atoms with van der Waals surface area (Å²) in [5.41, 5.74) is 12.0. The third-order valence-electron chi connectivity index (χ3n) is 7.84. The maximum absolute atomic E-state index is 10.8. The summed E-state index contributed by atoms with van der Waals surface area (Å²) in [5, 5.41) is 21.0. The summed E-state index contributed by atoms with van der Waals surface area (Å²) in [6.07, 6.45) is 2.59. The van der Waals surface area contributed by atoms with Crippen molar-refractivity contribution in [3.63, 3.8) is 0 Å². The lowest BCUT2D eigenvalue weighted by Crippen LogP contribution is -2.56. The Morgan fingerprint density at radius 3 is 2.45 bits per heavy atom. The second-order valence-corrected chi connectivity index (χ2v) is 10.9. The Kier molecular flexibility index (Phi) is 8.69. The molecule has 3 aromatic rings. The number of phenols is 1. The van der Waals surface area contributed by atoms with Crippen molar-refractivity contribution in [3.8, 4) is 5.75 Å². The standard InChI is InChI=1S/C32H39N5O3/c1-23-21-36(24(2)20-35(23)22-25-8-4-3-5-9-25)32(28-10-6-11-29(38)18-28)27-15-13-26(14-16-27)30-19-33-37(34-30)17-7-12-31(39)40/h3-6,8-11,13-16,18-19,23-24,32-34,38H,7,12,17,20-22H2,1-2H3,(H,39,40)/t23-,24+,32-/m1/s1. The van der Waals surface area contributed by atoms with E-state index in [0.29, 0.717) is 25.0 Å². The van der Waals surface area contributed by atoms with E-state index in [4.69, 9.17) is 5.11 Å². The van der Waals surface area contributed by atoms with Gasteiger partial charge in [-0.15, -0.1) is 5.12 Å². The second kappa shape index (κ2) is 12.6.